The summed E-state index contributed by atoms with van der Waals surface area (Å²) in [4.78, 5) is 43.5. The van der Waals surface area contributed by atoms with Crippen LogP contribution in [-0.4, -0.2) is 50.3 Å². The molecular formula is C27H34N6O4. The molecule has 37 heavy (non-hydrogen) atoms. The summed E-state index contributed by atoms with van der Waals surface area (Å²) < 4.78 is 8.38. The van der Waals surface area contributed by atoms with Gasteiger partial charge in [0.25, 0.3) is 11.8 Å². The summed E-state index contributed by atoms with van der Waals surface area (Å²) in [6.07, 6.45) is 5.08. The van der Waals surface area contributed by atoms with Crippen molar-refractivity contribution in [3.05, 3.63) is 58.5 Å². The highest BCUT2D eigenvalue weighted by Crippen LogP contribution is 2.23. The molecule has 0 unspecified atom stereocenters. The van der Waals surface area contributed by atoms with Crippen LogP contribution in [0.5, 0.6) is 0 Å². The van der Waals surface area contributed by atoms with Gasteiger partial charge in [0.2, 0.25) is 0 Å². The second-order valence-electron chi connectivity index (χ2n) is 10.4. The molecule has 0 saturated heterocycles. The largest absolute Gasteiger partial charge is 0.443 e. The maximum absolute atomic E-state index is 13.2. The SMILES string of the molecule is CCCNC(=O)c1cn2ncn(C(=O)OC(C)(C)C)c(=Nc3cc(C(=O)NC4CC4)ccc3C)c2c1C. The zero-order valence-electron chi connectivity index (χ0n) is 22.2. The Balaban J connectivity index is 1.92. The molecule has 0 atom stereocenters. The number of ether oxygens (including phenoxy) is 1. The second kappa shape index (κ2) is 10.2. The standard InChI is InChI=1S/C27H34N6O4/c1-7-12-28-25(35)20-14-33-22(17(20)3)23(32(15-29-33)26(36)37-27(4,5)6)31-21-13-18(9-8-16(21)2)24(34)30-19-10-11-19/h8-9,13-15,19H,7,10-12H2,1-6H3,(H,28,35)(H,30,34). The van der Waals surface area contributed by atoms with Gasteiger partial charge in [0, 0.05) is 24.3 Å². The smallest absolute Gasteiger partial charge is 0.421 e. The summed E-state index contributed by atoms with van der Waals surface area (Å²) in [6, 6.07) is 5.51. The van der Waals surface area contributed by atoms with E-state index in [9.17, 15) is 14.4 Å². The Morgan fingerprint density at radius 3 is 2.54 bits per heavy atom. The average Bonchev–Trinajstić information content (AvgIpc) is 3.58. The van der Waals surface area contributed by atoms with Crippen LogP contribution < -0.4 is 16.1 Å². The Morgan fingerprint density at radius 1 is 1.16 bits per heavy atom. The topological polar surface area (TPSA) is 119 Å². The molecule has 196 valence electrons. The molecule has 0 spiro atoms. The molecule has 2 aromatic heterocycles. The Hall–Kier alpha value is -3.95. The minimum atomic E-state index is -0.744. The highest BCUT2D eigenvalue weighted by atomic mass is 16.6. The van der Waals surface area contributed by atoms with Crippen LogP contribution in [-0.2, 0) is 4.74 Å². The number of hydrogen-bond acceptors (Lipinski definition) is 6. The van der Waals surface area contributed by atoms with Crippen molar-refractivity contribution in [2.75, 3.05) is 6.54 Å². The molecular weight excluding hydrogens is 472 g/mol. The number of amides is 2. The maximum Gasteiger partial charge on any atom is 0.421 e. The van der Waals surface area contributed by atoms with Gasteiger partial charge in [-0.2, -0.15) is 5.10 Å². The van der Waals surface area contributed by atoms with E-state index in [0.29, 0.717) is 34.4 Å². The summed E-state index contributed by atoms with van der Waals surface area (Å²) in [5.74, 6) is -0.387. The van der Waals surface area contributed by atoms with Gasteiger partial charge in [0.1, 0.15) is 17.4 Å². The summed E-state index contributed by atoms with van der Waals surface area (Å²) in [7, 11) is 0. The summed E-state index contributed by atoms with van der Waals surface area (Å²) in [6.45, 7) is 11.5. The van der Waals surface area contributed by atoms with Crippen LogP contribution in [0.3, 0.4) is 0 Å². The first-order valence-electron chi connectivity index (χ1n) is 12.6. The molecule has 0 radical (unpaired) electrons. The van der Waals surface area contributed by atoms with Crippen molar-refractivity contribution in [2.24, 2.45) is 4.99 Å². The fourth-order valence-corrected chi connectivity index (χ4v) is 3.82. The average molecular weight is 507 g/mol. The first kappa shape index (κ1) is 26.1. The summed E-state index contributed by atoms with van der Waals surface area (Å²) in [5.41, 5.74) is 2.88. The van der Waals surface area contributed by atoms with Crippen molar-refractivity contribution < 1.29 is 19.1 Å². The minimum Gasteiger partial charge on any atom is -0.443 e. The lowest BCUT2D eigenvalue weighted by atomic mass is 10.1. The molecule has 1 fully saturated rings. The number of fused-ring (bicyclic) bond motifs is 1. The van der Waals surface area contributed by atoms with Gasteiger partial charge in [-0.1, -0.05) is 13.0 Å². The monoisotopic (exact) mass is 506 g/mol. The molecule has 4 rings (SSSR count). The third-order valence-corrected chi connectivity index (χ3v) is 5.95. The Morgan fingerprint density at radius 2 is 1.89 bits per heavy atom. The van der Waals surface area contributed by atoms with Gasteiger partial charge in [-0.15, -0.1) is 0 Å². The first-order chi connectivity index (χ1) is 17.5. The highest BCUT2D eigenvalue weighted by Gasteiger charge is 2.25. The van der Waals surface area contributed by atoms with E-state index >= 15 is 0 Å². The molecule has 3 aromatic rings. The second-order valence-corrected chi connectivity index (χ2v) is 10.4. The lowest BCUT2D eigenvalue weighted by molar-refractivity contribution is 0.0527. The Bertz CT molecular complexity index is 1440. The molecule has 2 amide bonds. The van der Waals surface area contributed by atoms with Crippen molar-refractivity contribution in [2.45, 2.75) is 72.4 Å². The van der Waals surface area contributed by atoms with Crippen molar-refractivity contribution >= 4 is 29.1 Å². The van der Waals surface area contributed by atoms with Crippen molar-refractivity contribution in [1.29, 1.82) is 0 Å². The van der Waals surface area contributed by atoms with Gasteiger partial charge < -0.3 is 15.4 Å². The third-order valence-electron chi connectivity index (χ3n) is 5.95. The molecule has 1 aliphatic carbocycles. The number of benzene rings is 1. The van der Waals surface area contributed by atoms with Crippen molar-refractivity contribution in [1.82, 2.24) is 24.8 Å². The molecule has 1 aromatic carbocycles. The molecule has 1 aliphatic rings. The molecule has 2 N–H and O–H groups in total. The van der Waals surface area contributed by atoms with Gasteiger partial charge >= 0.3 is 6.09 Å². The highest BCUT2D eigenvalue weighted by molar-refractivity contribution is 5.98. The molecule has 10 nitrogen and oxygen atoms in total. The van der Waals surface area contributed by atoms with Crippen molar-refractivity contribution in [3.63, 3.8) is 0 Å². The van der Waals surface area contributed by atoms with E-state index in [0.717, 1.165) is 24.8 Å². The van der Waals surface area contributed by atoms with Crippen LogP contribution in [0.4, 0.5) is 10.5 Å². The molecule has 10 heteroatoms. The number of carbonyl (C=O) groups is 3. The van der Waals surface area contributed by atoms with E-state index in [1.807, 2.05) is 19.9 Å². The lowest BCUT2D eigenvalue weighted by Crippen LogP contribution is -2.35. The normalized spacial score (nSPS) is 14.1. The zero-order chi connectivity index (χ0) is 26.9. The fraction of sp³-hybridized carbons (Fsp3) is 0.444. The number of aryl methyl sites for hydroxylation is 2. The van der Waals surface area contributed by atoms with E-state index < -0.39 is 11.7 Å². The quantitative estimate of drug-likeness (QED) is 0.527. The zero-order valence-corrected chi connectivity index (χ0v) is 22.2. The van der Waals surface area contributed by atoms with Gasteiger partial charge in [-0.05, 0) is 77.1 Å². The van der Waals surface area contributed by atoms with Gasteiger partial charge in [-0.25, -0.2) is 18.9 Å². The van der Waals surface area contributed by atoms with E-state index in [2.05, 4.69) is 15.7 Å². The maximum atomic E-state index is 13.2. The van der Waals surface area contributed by atoms with E-state index in [4.69, 9.17) is 9.73 Å². The predicted octanol–water partition coefficient (Wildman–Crippen LogP) is 3.80. The predicted molar refractivity (Wildman–Crippen MR) is 139 cm³/mol. The molecule has 0 aliphatic heterocycles. The molecule has 0 bridgehead atoms. The van der Waals surface area contributed by atoms with Gasteiger partial charge in [0.15, 0.2) is 5.49 Å². The number of hydrogen-bond donors (Lipinski definition) is 2. The summed E-state index contributed by atoms with van der Waals surface area (Å²) >= 11 is 0. The van der Waals surface area contributed by atoms with Crippen LogP contribution >= 0.6 is 0 Å². The fourth-order valence-electron chi connectivity index (χ4n) is 3.82. The van der Waals surface area contributed by atoms with Crippen LogP contribution in [0, 0.1) is 13.8 Å². The number of rotatable bonds is 6. The van der Waals surface area contributed by atoms with Gasteiger partial charge in [-0.3, -0.25) is 9.59 Å². The molecule has 2 heterocycles. The third kappa shape index (κ3) is 5.90. The number of carbonyl (C=O) groups excluding carboxylic acids is 3. The first-order valence-corrected chi connectivity index (χ1v) is 12.6. The number of aromatic nitrogens is 3. The molecule has 1 saturated carbocycles. The Labute approximate surface area is 215 Å². The Kier molecular flexibility index (Phi) is 7.20. The van der Waals surface area contributed by atoms with E-state index in [1.54, 1.807) is 46.0 Å². The van der Waals surface area contributed by atoms with E-state index in [-0.39, 0.29) is 23.3 Å². The van der Waals surface area contributed by atoms with Crippen molar-refractivity contribution in [3.8, 4) is 0 Å². The summed E-state index contributed by atoms with van der Waals surface area (Å²) in [5, 5.41) is 10.2. The number of nitrogens with zero attached hydrogens (tertiary/aromatic N) is 4. The van der Waals surface area contributed by atoms with E-state index in [1.165, 1.54) is 15.4 Å². The van der Waals surface area contributed by atoms with Gasteiger partial charge in [0.05, 0.1) is 11.3 Å². The van der Waals surface area contributed by atoms with Crippen LogP contribution in [0.1, 0.15) is 78.8 Å². The van der Waals surface area contributed by atoms with Crippen LogP contribution in [0.25, 0.3) is 5.52 Å². The lowest BCUT2D eigenvalue weighted by Gasteiger charge is -2.20. The van der Waals surface area contributed by atoms with Crippen LogP contribution in [0.15, 0.2) is 35.7 Å². The minimum absolute atomic E-state index is 0.160. The van der Waals surface area contributed by atoms with Crippen LogP contribution in [0.2, 0.25) is 0 Å². The number of nitrogens with one attached hydrogen (secondary N) is 2.